The Kier molecular flexibility index (Phi) is 5.79. The van der Waals surface area contributed by atoms with Crippen molar-refractivity contribution in [2.45, 2.75) is 76.7 Å². The second kappa shape index (κ2) is 8.05. The van der Waals surface area contributed by atoms with E-state index in [9.17, 15) is 5.11 Å². The molecule has 0 bridgehead atoms. The number of halogens is 1. The fourth-order valence-corrected chi connectivity index (χ4v) is 4.77. The first-order chi connectivity index (χ1) is 13.8. The van der Waals surface area contributed by atoms with Crippen LogP contribution < -0.4 is 9.47 Å². The van der Waals surface area contributed by atoms with Gasteiger partial charge in [0.15, 0.2) is 17.3 Å². The fourth-order valence-electron chi connectivity index (χ4n) is 4.77. The van der Waals surface area contributed by atoms with Gasteiger partial charge in [-0.2, -0.15) is 0 Å². The minimum atomic E-state index is -0.579. The predicted molar refractivity (Wildman–Crippen MR) is 109 cm³/mol. The second-order valence-corrected chi connectivity index (χ2v) is 9.73. The van der Waals surface area contributed by atoms with Gasteiger partial charge in [0, 0.05) is 19.1 Å². The zero-order chi connectivity index (χ0) is 20.8. The molecule has 0 aromatic heterocycles. The van der Waals surface area contributed by atoms with Gasteiger partial charge in [-0.3, -0.25) is 4.90 Å². The summed E-state index contributed by atoms with van der Waals surface area (Å²) < 4.78 is 32.9. The lowest BCUT2D eigenvalue weighted by molar-refractivity contribution is -0.149. The highest BCUT2D eigenvalue weighted by Crippen LogP contribution is 2.45. The van der Waals surface area contributed by atoms with Gasteiger partial charge in [0.25, 0.3) is 0 Å². The molecule has 1 N–H and O–H groups in total. The van der Waals surface area contributed by atoms with Gasteiger partial charge in [0.2, 0.25) is 0 Å². The molecule has 1 aromatic carbocycles. The van der Waals surface area contributed by atoms with Crippen molar-refractivity contribution in [1.29, 1.82) is 0 Å². The smallest absolute Gasteiger partial charge is 0.197 e. The maximum absolute atomic E-state index is 15.4. The normalized spacial score (nSPS) is 27.7. The van der Waals surface area contributed by atoms with Crippen LogP contribution in [0, 0.1) is 11.7 Å². The molecule has 2 heterocycles. The highest BCUT2D eigenvalue weighted by atomic mass is 19.1. The Morgan fingerprint density at radius 2 is 2.03 bits per heavy atom. The first-order valence-corrected chi connectivity index (χ1v) is 10.9. The molecule has 2 fully saturated rings. The summed E-state index contributed by atoms with van der Waals surface area (Å²) in [5.74, 6) is 0.932. The molecular formula is C23H34FNO4. The lowest BCUT2D eigenvalue weighted by atomic mass is 9.84. The second-order valence-electron chi connectivity index (χ2n) is 9.73. The summed E-state index contributed by atoms with van der Waals surface area (Å²) in [6.07, 6.45) is 3.88. The summed E-state index contributed by atoms with van der Waals surface area (Å²) >= 11 is 0. The molecule has 4 rings (SSSR count). The number of aliphatic hydroxyl groups excluding tert-OH is 1. The van der Waals surface area contributed by atoms with Crippen molar-refractivity contribution >= 4 is 0 Å². The highest BCUT2D eigenvalue weighted by Gasteiger charge is 2.41. The zero-order valence-electron chi connectivity index (χ0n) is 18.0. The summed E-state index contributed by atoms with van der Waals surface area (Å²) in [4.78, 5) is 2.30. The Bertz CT molecular complexity index is 743. The van der Waals surface area contributed by atoms with E-state index in [1.165, 1.54) is 6.42 Å². The molecule has 0 unspecified atom stereocenters. The molecule has 0 radical (unpaired) electrons. The van der Waals surface area contributed by atoms with Crippen molar-refractivity contribution in [2.24, 2.45) is 5.92 Å². The molecule has 1 saturated carbocycles. The van der Waals surface area contributed by atoms with E-state index < -0.39 is 6.10 Å². The molecule has 162 valence electrons. The number of benzene rings is 1. The van der Waals surface area contributed by atoms with Crippen LogP contribution in [-0.4, -0.2) is 54.6 Å². The molecule has 1 saturated heterocycles. The molecular weight excluding hydrogens is 373 g/mol. The van der Waals surface area contributed by atoms with Crippen LogP contribution in [0.5, 0.6) is 11.5 Å². The van der Waals surface area contributed by atoms with Crippen LogP contribution in [0.2, 0.25) is 0 Å². The monoisotopic (exact) mass is 407 g/mol. The fraction of sp³-hybridized carbons (Fsp3) is 0.739. The average molecular weight is 408 g/mol. The maximum atomic E-state index is 15.4. The molecule has 5 nitrogen and oxygen atoms in total. The Balaban J connectivity index is 1.57. The molecule has 29 heavy (non-hydrogen) atoms. The number of ether oxygens (including phenoxy) is 3. The number of rotatable bonds is 5. The van der Waals surface area contributed by atoms with E-state index in [1.54, 1.807) is 7.11 Å². The average Bonchev–Trinajstić information content (AvgIpc) is 2.61. The van der Waals surface area contributed by atoms with E-state index in [0.717, 1.165) is 24.9 Å². The van der Waals surface area contributed by atoms with Crippen molar-refractivity contribution in [3.05, 3.63) is 23.0 Å². The minimum absolute atomic E-state index is 0.0300. The minimum Gasteiger partial charge on any atom is -0.493 e. The number of hydrogen-bond donors (Lipinski definition) is 1. The number of aliphatic hydroxyl groups is 1. The van der Waals surface area contributed by atoms with Crippen LogP contribution in [0.1, 0.15) is 63.6 Å². The van der Waals surface area contributed by atoms with Crippen molar-refractivity contribution in [3.63, 3.8) is 0 Å². The van der Waals surface area contributed by atoms with Crippen LogP contribution in [0.25, 0.3) is 0 Å². The molecule has 6 heteroatoms. The molecule has 0 spiro atoms. The lowest BCUT2D eigenvalue weighted by Crippen LogP contribution is -2.53. The third-order valence-corrected chi connectivity index (χ3v) is 6.49. The number of hydrogen-bond acceptors (Lipinski definition) is 5. The first-order valence-electron chi connectivity index (χ1n) is 10.9. The quantitative estimate of drug-likeness (QED) is 0.803. The van der Waals surface area contributed by atoms with Gasteiger partial charge in [-0.1, -0.05) is 6.42 Å². The van der Waals surface area contributed by atoms with Crippen molar-refractivity contribution in [3.8, 4) is 11.5 Å². The number of piperidine rings is 1. The van der Waals surface area contributed by atoms with Crippen LogP contribution in [0.4, 0.5) is 4.39 Å². The molecule has 2 aliphatic heterocycles. The van der Waals surface area contributed by atoms with Crippen molar-refractivity contribution in [1.82, 2.24) is 4.90 Å². The van der Waals surface area contributed by atoms with E-state index >= 15 is 4.39 Å². The molecule has 3 atom stereocenters. The third kappa shape index (κ3) is 4.25. The van der Waals surface area contributed by atoms with Gasteiger partial charge in [-0.25, -0.2) is 4.39 Å². The van der Waals surface area contributed by atoms with E-state index in [4.69, 9.17) is 14.2 Å². The summed E-state index contributed by atoms with van der Waals surface area (Å²) in [6.45, 7) is 7.95. The summed E-state index contributed by atoms with van der Waals surface area (Å²) in [5.41, 5.74) is 1.31. The summed E-state index contributed by atoms with van der Waals surface area (Å²) in [6, 6.07) is 1.89. The maximum Gasteiger partial charge on any atom is 0.197 e. The number of nitrogens with zero attached hydrogens (tertiary/aromatic N) is 1. The number of fused-ring (bicyclic) bond motifs is 3. The SMILES string of the molecule is COc1cc2c(c(F)c1OCC1CCC1)CCN1C[C@@H](OC(C)(C)C)[C@H](O)C[C@H]21. The Labute approximate surface area is 173 Å². The van der Waals surface area contributed by atoms with E-state index in [0.29, 0.717) is 43.2 Å². The molecule has 1 aliphatic carbocycles. The van der Waals surface area contributed by atoms with Gasteiger partial charge < -0.3 is 19.3 Å². The molecule has 1 aromatic rings. The number of methoxy groups -OCH3 is 1. The van der Waals surface area contributed by atoms with Crippen LogP contribution in [-0.2, 0) is 11.2 Å². The Morgan fingerprint density at radius 1 is 1.28 bits per heavy atom. The summed E-state index contributed by atoms with van der Waals surface area (Å²) in [5, 5.41) is 10.7. The van der Waals surface area contributed by atoms with Crippen molar-refractivity contribution in [2.75, 3.05) is 26.8 Å². The van der Waals surface area contributed by atoms with Gasteiger partial charge in [-0.05, 0) is 69.6 Å². The molecule has 3 aliphatic rings. The van der Waals surface area contributed by atoms with Gasteiger partial charge in [0.1, 0.15) is 0 Å². The Morgan fingerprint density at radius 3 is 2.66 bits per heavy atom. The largest absolute Gasteiger partial charge is 0.493 e. The van der Waals surface area contributed by atoms with Crippen LogP contribution in [0.15, 0.2) is 6.07 Å². The van der Waals surface area contributed by atoms with Crippen molar-refractivity contribution < 1.29 is 23.7 Å². The zero-order valence-corrected chi connectivity index (χ0v) is 18.0. The van der Waals surface area contributed by atoms with E-state index in [-0.39, 0.29) is 29.3 Å². The summed E-state index contributed by atoms with van der Waals surface area (Å²) in [7, 11) is 1.56. The highest BCUT2D eigenvalue weighted by molar-refractivity contribution is 5.51. The predicted octanol–water partition coefficient (Wildman–Crippen LogP) is 3.86. The van der Waals surface area contributed by atoms with Gasteiger partial charge >= 0.3 is 0 Å². The van der Waals surface area contributed by atoms with Crippen LogP contribution >= 0.6 is 0 Å². The first kappa shape index (κ1) is 20.9. The van der Waals surface area contributed by atoms with E-state index in [2.05, 4.69) is 4.90 Å². The lowest BCUT2D eigenvalue weighted by Gasteiger charge is -2.47. The van der Waals surface area contributed by atoms with Gasteiger partial charge in [0.05, 0.1) is 31.5 Å². The van der Waals surface area contributed by atoms with E-state index in [1.807, 2.05) is 26.8 Å². The topological polar surface area (TPSA) is 51.2 Å². The third-order valence-electron chi connectivity index (χ3n) is 6.49. The standard InChI is InChI=1S/C23H34FNO4/c1-23(2,3)29-20-12-25-9-8-15-16(17(25)11-18(20)26)10-19(27-4)22(21(15)24)28-13-14-6-5-7-14/h10,14,17-18,20,26H,5-9,11-13H2,1-4H3/t17-,18-,20-/m1/s1. The Hall–Kier alpha value is -1.37. The van der Waals surface area contributed by atoms with Gasteiger partial charge in [-0.15, -0.1) is 0 Å². The molecule has 0 amide bonds. The van der Waals surface area contributed by atoms with Crippen LogP contribution in [0.3, 0.4) is 0 Å².